The van der Waals surface area contributed by atoms with Crippen LogP contribution in [0, 0.1) is 0 Å². The average molecular weight is 272 g/mol. The Hall–Kier alpha value is 0.760. The second-order valence-electron chi connectivity index (χ2n) is 3.28. The SMILES string of the molecule is CCOP1(=O)CP(=S)(OCC)OC1CC. The normalized spacial score (nSPS) is 40.9. The Labute approximate surface area is 96.3 Å². The van der Waals surface area contributed by atoms with Gasteiger partial charge in [0.15, 0.2) is 6.49 Å². The molecule has 1 aliphatic heterocycles. The summed E-state index contributed by atoms with van der Waals surface area (Å²) in [6, 6.07) is 0. The van der Waals surface area contributed by atoms with Crippen LogP contribution >= 0.6 is 13.9 Å². The lowest BCUT2D eigenvalue weighted by Crippen LogP contribution is -2.05. The highest BCUT2D eigenvalue weighted by Gasteiger charge is 2.49. The molecule has 0 aromatic heterocycles. The highest BCUT2D eigenvalue weighted by atomic mass is 32.5. The molecule has 15 heavy (non-hydrogen) atoms. The van der Waals surface area contributed by atoms with Crippen LogP contribution in [-0.2, 0) is 29.9 Å². The van der Waals surface area contributed by atoms with E-state index in [9.17, 15) is 4.57 Å². The first-order chi connectivity index (χ1) is 6.99. The summed E-state index contributed by atoms with van der Waals surface area (Å²) in [5.74, 6) is -0.0787. The van der Waals surface area contributed by atoms with Crippen molar-refractivity contribution in [2.75, 3.05) is 19.1 Å². The molecule has 0 aromatic rings. The largest absolute Gasteiger partial charge is 0.329 e. The fourth-order valence-corrected chi connectivity index (χ4v) is 10.6. The molecule has 0 saturated carbocycles. The molecule has 0 bridgehead atoms. The number of hydrogen-bond donors (Lipinski definition) is 0. The molecular formula is C8H18O4P2S. The summed E-state index contributed by atoms with van der Waals surface area (Å²) >= 11 is 5.29. The van der Waals surface area contributed by atoms with Crippen LogP contribution in [0.3, 0.4) is 0 Å². The van der Waals surface area contributed by atoms with E-state index in [1.807, 2.05) is 20.8 Å². The summed E-state index contributed by atoms with van der Waals surface area (Å²) in [5, 5.41) is 0. The predicted molar refractivity (Wildman–Crippen MR) is 65.2 cm³/mol. The standard InChI is InChI=1S/C8H18O4P2S/c1-4-8-12-14(15,11-6-3)7-13(8,9)10-5-2/h8H,4-7H2,1-3H3. The summed E-state index contributed by atoms with van der Waals surface area (Å²) < 4.78 is 28.8. The molecule has 1 heterocycles. The van der Waals surface area contributed by atoms with Gasteiger partial charge >= 0.3 is 0 Å². The number of rotatable bonds is 5. The Bertz CT molecular complexity index is 307. The maximum atomic E-state index is 12.4. The Kier molecular flexibility index (Phi) is 4.97. The molecule has 0 radical (unpaired) electrons. The fraction of sp³-hybridized carbons (Fsp3) is 1.00. The van der Waals surface area contributed by atoms with Crippen molar-refractivity contribution in [1.82, 2.24) is 0 Å². The molecule has 0 N–H and O–H groups in total. The summed E-state index contributed by atoms with van der Waals surface area (Å²) in [7, 11) is -2.73. The molecule has 3 atom stereocenters. The molecule has 7 heteroatoms. The maximum Gasteiger partial charge on any atom is 0.240 e. The summed E-state index contributed by atoms with van der Waals surface area (Å²) in [6.45, 7) is 4.20. The zero-order chi connectivity index (χ0) is 11.5. The van der Waals surface area contributed by atoms with Crippen LogP contribution in [0.1, 0.15) is 27.2 Å². The molecule has 1 rings (SSSR count). The van der Waals surface area contributed by atoms with E-state index in [-0.39, 0.29) is 11.7 Å². The van der Waals surface area contributed by atoms with Crippen LogP contribution in [0.5, 0.6) is 0 Å². The first kappa shape index (κ1) is 13.8. The van der Waals surface area contributed by atoms with Gasteiger partial charge in [-0.15, -0.1) is 0 Å². The average Bonchev–Trinajstić information content (AvgIpc) is 2.38. The van der Waals surface area contributed by atoms with Gasteiger partial charge in [-0.05, 0) is 32.1 Å². The van der Waals surface area contributed by atoms with Crippen LogP contribution in [0.2, 0.25) is 0 Å². The van der Waals surface area contributed by atoms with E-state index < -0.39 is 13.9 Å². The molecule has 1 fully saturated rings. The van der Waals surface area contributed by atoms with Crippen LogP contribution in [0.15, 0.2) is 0 Å². The quantitative estimate of drug-likeness (QED) is 0.718. The van der Waals surface area contributed by atoms with Gasteiger partial charge in [-0.1, -0.05) is 6.92 Å². The third kappa shape index (κ3) is 3.12. The first-order valence-corrected chi connectivity index (χ1v) is 9.85. The minimum atomic E-state index is -2.73. The van der Waals surface area contributed by atoms with Gasteiger partial charge < -0.3 is 13.6 Å². The lowest BCUT2D eigenvalue weighted by molar-refractivity contribution is 0.224. The summed E-state index contributed by atoms with van der Waals surface area (Å²) in [4.78, 5) is 0. The molecule has 1 saturated heterocycles. The zero-order valence-corrected chi connectivity index (χ0v) is 11.9. The van der Waals surface area contributed by atoms with Crippen molar-refractivity contribution in [3.63, 3.8) is 0 Å². The van der Waals surface area contributed by atoms with E-state index in [2.05, 4.69) is 0 Å². The van der Waals surface area contributed by atoms with E-state index in [1.54, 1.807) is 0 Å². The maximum absolute atomic E-state index is 12.4. The van der Waals surface area contributed by atoms with Crippen molar-refractivity contribution < 1.29 is 18.1 Å². The molecule has 1 aliphatic rings. The Morgan fingerprint density at radius 3 is 2.40 bits per heavy atom. The Morgan fingerprint density at radius 2 is 1.93 bits per heavy atom. The van der Waals surface area contributed by atoms with Crippen LogP contribution in [0.25, 0.3) is 0 Å². The fourth-order valence-electron chi connectivity index (χ4n) is 1.59. The van der Waals surface area contributed by atoms with Gasteiger partial charge in [0.05, 0.1) is 13.2 Å². The molecule has 0 aromatic carbocycles. The second kappa shape index (κ2) is 5.39. The topological polar surface area (TPSA) is 44.8 Å². The Balaban J connectivity index is 2.83. The van der Waals surface area contributed by atoms with Gasteiger partial charge in [0.2, 0.25) is 7.37 Å². The third-order valence-corrected chi connectivity index (χ3v) is 10.1. The molecule has 90 valence electrons. The van der Waals surface area contributed by atoms with E-state index in [1.165, 1.54) is 0 Å². The lowest BCUT2D eigenvalue weighted by Gasteiger charge is -2.15. The smallest absolute Gasteiger partial charge is 0.240 e. The van der Waals surface area contributed by atoms with Crippen molar-refractivity contribution in [2.24, 2.45) is 0 Å². The van der Waals surface area contributed by atoms with Crippen molar-refractivity contribution >= 4 is 25.7 Å². The van der Waals surface area contributed by atoms with E-state index in [0.717, 1.165) is 0 Å². The number of hydrogen-bond acceptors (Lipinski definition) is 5. The van der Waals surface area contributed by atoms with Gasteiger partial charge in [0.1, 0.15) is 11.7 Å². The third-order valence-electron chi connectivity index (χ3n) is 2.11. The summed E-state index contributed by atoms with van der Waals surface area (Å²) in [6.07, 6.45) is 0.655. The zero-order valence-electron chi connectivity index (χ0n) is 9.34. The van der Waals surface area contributed by atoms with Crippen LogP contribution in [0.4, 0.5) is 0 Å². The lowest BCUT2D eigenvalue weighted by atomic mass is 10.5. The molecule has 4 nitrogen and oxygen atoms in total. The van der Waals surface area contributed by atoms with Crippen molar-refractivity contribution in [3.05, 3.63) is 0 Å². The highest BCUT2D eigenvalue weighted by molar-refractivity contribution is 8.13. The van der Waals surface area contributed by atoms with E-state index in [4.69, 9.17) is 25.4 Å². The van der Waals surface area contributed by atoms with Gasteiger partial charge in [-0.3, -0.25) is 4.57 Å². The van der Waals surface area contributed by atoms with Crippen LogP contribution < -0.4 is 0 Å². The highest BCUT2D eigenvalue weighted by Crippen LogP contribution is 2.75. The molecule has 0 aliphatic carbocycles. The van der Waals surface area contributed by atoms with E-state index in [0.29, 0.717) is 19.6 Å². The predicted octanol–water partition coefficient (Wildman–Crippen LogP) is 3.37. The van der Waals surface area contributed by atoms with Crippen molar-refractivity contribution in [1.29, 1.82) is 0 Å². The van der Waals surface area contributed by atoms with Crippen LogP contribution in [-0.4, -0.2) is 25.0 Å². The first-order valence-electron chi connectivity index (χ1n) is 5.15. The van der Waals surface area contributed by atoms with Gasteiger partial charge in [0.25, 0.3) is 0 Å². The van der Waals surface area contributed by atoms with Crippen molar-refractivity contribution in [2.45, 2.75) is 33.0 Å². The van der Waals surface area contributed by atoms with E-state index >= 15 is 0 Å². The van der Waals surface area contributed by atoms with Gasteiger partial charge in [0, 0.05) is 0 Å². The van der Waals surface area contributed by atoms with Crippen molar-refractivity contribution in [3.8, 4) is 0 Å². The molecular weight excluding hydrogens is 254 g/mol. The van der Waals surface area contributed by atoms with Gasteiger partial charge in [-0.25, -0.2) is 0 Å². The Morgan fingerprint density at radius 1 is 1.33 bits per heavy atom. The molecule has 0 amide bonds. The molecule has 0 spiro atoms. The minimum absolute atomic E-state index is 0.287. The summed E-state index contributed by atoms with van der Waals surface area (Å²) in [5.41, 5.74) is 0. The minimum Gasteiger partial charge on any atom is -0.329 e. The second-order valence-corrected chi connectivity index (χ2v) is 10.1. The monoisotopic (exact) mass is 272 g/mol. The molecule has 3 unspecified atom stereocenters. The van der Waals surface area contributed by atoms with Gasteiger partial charge in [-0.2, -0.15) is 0 Å².